The fourth-order valence-electron chi connectivity index (χ4n) is 5.26. The van der Waals surface area contributed by atoms with Crippen LogP contribution in [0.3, 0.4) is 0 Å². The van der Waals surface area contributed by atoms with Crippen LogP contribution in [0.25, 0.3) is 22.2 Å². The maximum absolute atomic E-state index is 6.21. The highest BCUT2D eigenvalue weighted by Gasteiger charge is 2.29. The molecule has 1 aliphatic heterocycles. The van der Waals surface area contributed by atoms with Crippen molar-refractivity contribution < 1.29 is 0 Å². The molecule has 2 fully saturated rings. The molecule has 1 saturated carbocycles. The van der Waals surface area contributed by atoms with Gasteiger partial charge in [-0.05, 0) is 75.7 Å². The van der Waals surface area contributed by atoms with Gasteiger partial charge < -0.3 is 10.6 Å². The normalized spacial score (nSPS) is 23.5. The molecule has 0 unspecified atom stereocenters. The summed E-state index contributed by atoms with van der Waals surface area (Å²) in [7, 11) is 0. The van der Waals surface area contributed by atoms with Gasteiger partial charge in [-0.3, -0.25) is 5.10 Å². The van der Waals surface area contributed by atoms with E-state index in [1.807, 2.05) is 0 Å². The van der Waals surface area contributed by atoms with Crippen LogP contribution in [0.15, 0.2) is 30.3 Å². The Balaban J connectivity index is 1.43. The van der Waals surface area contributed by atoms with Crippen molar-refractivity contribution in [3.05, 3.63) is 41.6 Å². The van der Waals surface area contributed by atoms with Gasteiger partial charge in [-0.2, -0.15) is 5.10 Å². The number of nitrogen functional groups attached to an aromatic ring is 1. The van der Waals surface area contributed by atoms with Gasteiger partial charge in [-0.1, -0.05) is 36.2 Å². The molecule has 1 aliphatic carbocycles. The monoisotopic (exact) mass is 389 g/mol. The van der Waals surface area contributed by atoms with Crippen molar-refractivity contribution in [2.24, 2.45) is 0 Å². The van der Waals surface area contributed by atoms with E-state index in [0.29, 0.717) is 11.7 Å². The Morgan fingerprint density at radius 1 is 1.00 bits per heavy atom. The second-order valence-corrected chi connectivity index (χ2v) is 8.90. The van der Waals surface area contributed by atoms with Crippen molar-refractivity contribution in [1.82, 2.24) is 20.1 Å². The van der Waals surface area contributed by atoms with Gasteiger partial charge in [0.25, 0.3) is 0 Å². The quantitative estimate of drug-likeness (QED) is 0.659. The number of likely N-dealkylation sites (tertiary alicyclic amines) is 1. The Morgan fingerprint density at radius 3 is 2.45 bits per heavy atom. The number of aromatic amines is 1. The number of pyridine rings is 1. The molecule has 2 aliphatic rings. The minimum atomic E-state index is 0.516. The number of hydrogen-bond acceptors (Lipinski definition) is 4. The average Bonchev–Trinajstić information content (AvgIpc) is 3.15. The Bertz CT molecular complexity index is 976. The molecule has 0 atom stereocenters. The summed E-state index contributed by atoms with van der Waals surface area (Å²) >= 11 is 0. The summed E-state index contributed by atoms with van der Waals surface area (Å²) in [6, 6.07) is 11.7. The van der Waals surface area contributed by atoms with Crippen LogP contribution in [-0.2, 0) is 0 Å². The van der Waals surface area contributed by atoms with Crippen LogP contribution >= 0.6 is 0 Å². The summed E-state index contributed by atoms with van der Waals surface area (Å²) in [5, 5.41) is 8.28. The van der Waals surface area contributed by atoms with Crippen molar-refractivity contribution in [1.29, 1.82) is 0 Å². The Labute approximate surface area is 172 Å². The zero-order valence-corrected chi connectivity index (χ0v) is 17.3. The third-order valence-electron chi connectivity index (χ3n) is 6.96. The second kappa shape index (κ2) is 7.79. The van der Waals surface area contributed by atoms with E-state index >= 15 is 0 Å². The third kappa shape index (κ3) is 3.64. The van der Waals surface area contributed by atoms with Crippen LogP contribution in [0.4, 0.5) is 5.82 Å². The average molecular weight is 390 g/mol. The van der Waals surface area contributed by atoms with Crippen LogP contribution < -0.4 is 5.73 Å². The molecule has 3 aromatic rings. The Kier molecular flexibility index (Phi) is 5.00. The van der Waals surface area contributed by atoms with E-state index in [-0.39, 0.29) is 0 Å². The number of benzene rings is 1. The van der Waals surface area contributed by atoms with E-state index in [1.54, 1.807) is 0 Å². The van der Waals surface area contributed by atoms with Gasteiger partial charge in [-0.25, -0.2) is 4.98 Å². The van der Waals surface area contributed by atoms with Crippen molar-refractivity contribution in [2.75, 3.05) is 18.8 Å². The van der Waals surface area contributed by atoms with E-state index in [4.69, 9.17) is 10.7 Å². The van der Waals surface area contributed by atoms with Crippen LogP contribution in [0.5, 0.6) is 0 Å². The van der Waals surface area contributed by atoms with E-state index < -0.39 is 0 Å². The van der Waals surface area contributed by atoms with Crippen molar-refractivity contribution in [3.63, 3.8) is 0 Å². The summed E-state index contributed by atoms with van der Waals surface area (Å²) in [6.07, 6.45) is 9.15. The zero-order valence-electron chi connectivity index (χ0n) is 17.3. The summed E-state index contributed by atoms with van der Waals surface area (Å²) in [6.45, 7) is 4.71. The summed E-state index contributed by atoms with van der Waals surface area (Å²) in [5.41, 5.74) is 11.7. The zero-order chi connectivity index (χ0) is 19.8. The third-order valence-corrected chi connectivity index (χ3v) is 6.96. The molecule has 152 valence electrons. The topological polar surface area (TPSA) is 70.8 Å². The number of hydrogen-bond donors (Lipinski definition) is 2. The molecule has 5 nitrogen and oxygen atoms in total. The van der Waals surface area contributed by atoms with Crippen LogP contribution in [0.2, 0.25) is 0 Å². The maximum Gasteiger partial charge on any atom is 0.183 e. The second-order valence-electron chi connectivity index (χ2n) is 8.90. The predicted molar refractivity (Wildman–Crippen MR) is 119 cm³/mol. The molecule has 3 N–H and O–H groups in total. The van der Waals surface area contributed by atoms with Gasteiger partial charge in [-0.15, -0.1) is 0 Å². The molecule has 0 amide bonds. The molecule has 0 bridgehead atoms. The van der Waals surface area contributed by atoms with Crippen LogP contribution in [0, 0.1) is 6.92 Å². The van der Waals surface area contributed by atoms with E-state index in [0.717, 1.165) is 22.6 Å². The number of nitrogens with one attached hydrogen (secondary N) is 1. The van der Waals surface area contributed by atoms with E-state index in [2.05, 4.69) is 52.4 Å². The van der Waals surface area contributed by atoms with Crippen LogP contribution in [-0.4, -0.2) is 39.2 Å². The highest BCUT2D eigenvalue weighted by Crippen LogP contribution is 2.39. The number of rotatable bonds is 3. The largest absolute Gasteiger partial charge is 0.383 e. The summed E-state index contributed by atoms with van der Waals surface area (Å²) < 4.78 is 0. The molecular weight excluding hydrogens is 358 g/mol. The Hall–Kier alpha value is -2.40. The lowest BCUT2D eigenvalue weighted by Gasteiger charge is -2.38. The lowest BCUT2D eigenvalue weighted by molar-refractivity contribution is 0.125. The van der Waals surface area contributed by atoms with E-state index in [9.17, 15) is 0 Å². The van der Waals surface area contributed by atoms with Crippen molar-refractivity contribution >= 4 is 16.9 Å². The fraction of sp³-hybridized carbons (Fsp3) is 0.500. The Morgan fingerprint density at radius 2 is 1.72 bits per heavy atom. The van der Waals surface area contributed by atoms with Gasteiger partial charge in [0, 0.05) is 17.7 Å². The molecule has 1 saturated heterocycles. The van der Waals surface area contributed by atoms with Gasteiger partial charge in [0.1, 0.15) is 5.82 Å². The number of piperidine rings is 1. The van der Waals surface area contributed by atoms with Gasteiger partial charge in [0.2, 0.25) is 0 Å². The smallest absolute Gasteiger partial charge is 0.183 e. The number of aromatic nitrogens is 3. The standard InChI is InChI=1S/C24H31N5/c1-16-5-7-17(8-6-16)20-15-21(26-24-22(20)23(25)27-28-24)18-9-11-19(12-10-18)29-13-3-2-4-14-29/h5-8,15,18-19H,2-4,9-14H2,1H3,(H3,25,26,27,28). The van der Waals surface area contributed by atoms with Crippen molar-refractivity contribution in [2.45, 2.75) is 63.8 Å². The molecule has 0 radical (unpaired) electrons. The van der Waals surface area contributed by atoms with Gasteiger partial charge >= 0.3 is 0 Å². The molecule has 29 heavy (non-hydrogen) atoms. The van der Waals surface area contributed by atoms with Crippen LogP contribution in [0.1, 0.15) is 62.1 Å². The number of H-pyrrole nitrogens is 1. The highest BCUT2D eigenvalue weighted by atomic mass is 15.2. The fourth-order valence-corrected chi connectivity index (χ4v) is 5.26. The molecule has 1 aromatic carbocycles. The van der Waals surface area contributed by atoms with E-state index in [1.165, 1.54) is 74.9 Å². The molecule has 5 rings (SSSR count). The number of aryl methyl sites for hydroxylation is 1. The number of anilines is 1. The van der Waals surface area contributed by atoms with Gasteiger partial charge in [0.15, 0.2) is 5.65 Å². The van der Waals surface area contributed by atoms with Gasteiger partial charge in [0.05, 0.1) is 5.39 Å². The van der Waals surface area contributed by atoms with Crippen molar-refractivity contribution in [3.8, 4) is 11.1 Å². The minimum Gasteiger partial charge on any atom is -0.383 e. The first-order valence-corrected chi connectivity index (χ1v) is 11.1. The predicted octanol–water partition coefficient (Wildman–Crippen LogP) is 5.03. The SMILES string of the molecule is Cc1ccc(-c2cc(C3CCC(N4CCCCC4)CC3)nc3n[nH]c(N)c23)cc1. The summed E-state index contributed by atoms with van der Waals surface area (Å²) in [4.78, 5) is 7.66. The first kappa shape index (κ1) is 18.6. The first-order valence-electron chi connectivity index (χ1n) is 11.1. The molecular formula is C24H31N5. The lowest BCUT2D eigenvalue weighted by Crippen LogP contribution is -2.41. The molecule has 5 heteroatoms. The lowest BCUT2D eigenvalue weighted by atomic mass is 9.82. The maximum atomic E-state index is 6.21. The molecule has 2 aromatic heterocycles. The highest BCUT2D eigenvalue weighted by molar-refractivity contribution is 6.00. The molecule has 3 heterocycles. The molecule has 0 spiro atoms. The number of nitrogens with two attached hydrogens (primary N) is 1. The summed E-state index contributed by atoms with van der Waals surface area (Å²) in [5.74, 6) is 1.12. The minimum absolute atomic E-state index is 0.516. The number of nitrogens with zero attached hydrogens (tertiary/aromatic N) is 3. The first-order chi connectivity index (χ1) is 14.2. The number of fused-ring (bicyclic) bond motifs is 1.